The largest absolute Gasteiger partial charge is 0.374 e. The summed E-state index contributed by atoms with van der Waals surface area (Å²) in [6, 6.07) is 0. The minimum atomic E-state index is -5.33. The van der Waals surface area contributed by atoms with Gasteiger partial charge in [0.05, 0.1) is 0 Å². The van der Waals surface area contributed by atoms with E-state index >= 15 is 0 Å². The summed E-state index contributed by atoms with van der Waals surface area (Å²) in [6.07, 6.45) is 0. The molecule has 0 aliphatic carbocycles. The first kappa shape index (κ1) is 16.4. The first-order valence-corrected chi connectivity index (χ1v) is 7.24. The van der Waals surface area contributed by atoms with Crippen molar-refractivity contribution in [3.05, 3.63) is 20.2 Å². The third-order valence-corrected chi connectivity index (χ3v) is 4.92. The summed E-state index contributed by atoms with van der Waals surface area (Å²) in [5, 5.41) is 25.1. The molecule has 0 aliphatic rings. The molecule has 15 nitrogen and oxygen atoms in total. The van der Waals surface area contributed by atoms with Crippen LogP contribution in [-0.2, 0) is 31.6 Å². The number of nitrogens with zero attached hydrogens (tertiary/aromatic N) is 4. The van der Waals surface area contributed by atoms with Gasteiger partial charge in [-0.1, -0.05) is 0 Å². The van der Waals surface area contributed by atoms with Crippen LogP contribution in [0.1, 0.15) is 0 Å². The molecule has 18 heavy (non-hydrogen) atoms. The quantitative estimate of drug-likeness (QED) is 0.356. The van der Waals surface area contributed by atoms with Gasteiger partial charge in [-0.2, -0.15) is 21.0 Å². The van der Waals surface area contributed by atoms with Gasteiger partial charge in [0.25, 0.3) is 0 Å². The molecule has 0 rings (SSSR count). The van der Waals surface area contributed by atoms with E-state index in [9.17, 15) is 41.3 Å². The molecular weight excluding hydrogens is 324 g/mol. The Kier molecular flexibility index (Phi) is 4.48. The van der Waals surface area contributed by atoms with E-state index in [1.54, 1.807) is 0 Å². The van der Waals surface area contributed by atoms with Gasteiger partial charge in [0.1, 0.15) is 7.64 Å². The number of rotatable bonds is 6. The third kappa shape index (κ3) is 3.69. The summed E-state index contributed by atoms with van der Waals surface area (Å²) in [5.41, 5.74) is 0. The van der Waals surface area contributed by atoms with Crippen LogP contribution >= 0.6 is 0 Å². The van der Waals surface area contributed by atoms with Crippen molar-refractivity contribution >= 4 is 31.6 Å². The normalized spacial score (nSPS) is 12.2. The van der Waals surface area contributed by atoms with Crippen molar-refractivity contribution in [2.75, 3.05) is 0 Å². The van der Waals surface area contributed by atoms with Gasteiger partial charge < -0.3 is 0 Å². The second-order valence-corrected chi connectivity index (χ2v) is 6.58. The van der Waals surface area contributed by atoms with Crippen LogP contribution in [0.3, 0.4) is 0 Å². The zero-order valence-corrected chi connectivity index (χ0v) is 10.3. The molecule has 0 fully saturated rings. The summed E-state index contributed by atoms with van der Waals surface area (Å²) in [6.45, 7) is 0. The molecule has 4 N–H and O–H groups in total. The van der Waals surface area contributed by atoms with Crippen LogP contribution in [0.25, 0.3) is 0 Å². The highest BCUT2D eigenvalue weighted by atomic mass is 32.3. The van der Waals surface area contributed by atoms with E-state index in [1.165, 1.54) is 0 Å². The Balaban J connectivity index is 5.88. The van der Waals surface area contributed by atoms with Crippen LogP contribution in [-0.4, -0.2) is 38.7 Å². The molecule has 0 unspecified atom stereocenters. The zero-order valence-electron chi connectivity index (χ0n) is 7.84. The lowest BCUT2D eigenvalue weighted by Crippen LogP contribution is -2.52. The van der Waals surface area contributed by atoms with Crippen LogP contribution < -0.4 is 10.3 Å². The van der Waals surface area contributed by atoms with E-state index in [0.29, 0.717) is 0 Å². The molecule has 0 saturated heterocycles. The SMILES string of the molecule is NS(=O)(=O)N([N+](=O)[O-])S(=O)N([N+](=O)[O-])S(N)(=O)=O. The van der Waals surface area contributed by atoms with Crippen molar-refractivity contribution < 1.29 is 31.1 Å². The highest BCUT2D eigenvalue weighted by Crippen LogP contribution is 2.09. The van der Waals surface area contributed by atoms with Crippen LogP contribution in [0.15, 0.2) is 0 Å². The Morgan fingerprint density at radius 1 is 0.889 bits per heavy atom. The monoisotopic (exact) mass is 328 g/mol. The maximum atomic E-state index is 11.2. The molecule has 0 aliphatic heterocycles. The molecule has 0 aromatic heterocycles. The zero-order chi connectivity index (χ0) is 14.9. The van der Waals surface area contributed by atoms with Crippen molar-refractivity contribution in [2.45, 2.75) is 0 Å². The first-order chi connectivity index (χ1) is 7.80. The Bertz CT molecular complexity index is 532. The van der Waals surface area contributed by atoms with Crippen molar-refractivity contribution in [1.82, 2.24) is 7.64 Å². The number of hydrogen-bond donors (Lipinski definition) is 2. The molecule has 0 heterocycles. The molecule has 106 valence electrons. The summed E-state index contributed by atoms with van der Waals surface area (Å²) < 4.78 is 51.1. The molecule has 0 bridgehead atoms. The molecule has 0 aromatic carbocycles. The predicted molar refractivity (Wildman–Crippen MR) is 52.0 cm³/mol. The summed E-state index contributed by atoms with van der Waals surface area (Å²) in [4.78, 5) is 20.5. The van der Waals surface area contributed by atoms with Crippen LogP contribution in [0, 0.1) is 20.2 Å². The Hall–Kier alpha value is -1.63. The fourth-order valence-electron chi connectivity index (χ4n) is 0.537. The van der Waals surface area contributed by atoms with Crippen molar-refractivity contribution in [3.63, 3.8) is 0 Å². The average Bonchev–Trinajstić information content (AvgIpc) is 1.93. The van der Waals surface area contributed by atoms with E-state index in [-0.39, 0.29) is 0 Å². The van der Waals surface area contributed by atoms with E-state index in [4.69, 9.17) is 0 Å². The molecule has 0 spiro atoms. The molecular formula is H4N6O9S3. The number of hydrazine groups is 2. The van der Waals surface area contributed by atoms with Gasteiger partial charge in [-0.25, -0.2) is 30.5 Å². The van der Waals surface area contributed by atoms with E-state index in [1.807, 2.05) is 0 Å². The second kappa shape index (κ2) is 4.93. The smallest absolute Gasteiger partial charge is 0.233 e. The Labute approximate surface area is 101 Å². The number of hydrogen-bond acceptors (Lipinski definition) is 9. The van der Waals surface area contributed by atoms with Gasteiger partial charge in [0.2, 0.25) is 0 Å². The van der Waals surface area contributed by atoms with Gasteiger partial charge in [0.15, 0.2) is 10.1 Å². The Morgan fingerprint density at radius 3 is 1.22 bits per heavy atom. The second-order valence-electron chi connectivity index (χ2n) is 2.21. The fourth-order valence-corrected chi connectivity index (χ4v) is 3.18. The molecule has 0 radical (unpaired) electrons. The van der Waals surface area contributed by atoms with Gasteiger partial charge in [0, 0.05) is 0 Å². The van der Waals surface area contributed by atoms with Crippen molar-refractivity contribution in [3.8, 4) is 0 Å². The number of nitro groups is 2. The highest BCUT2D eigenvalue weighted by molar-refractivity contribution is 8.04. The standard InChI is InChI=1S/H4N6O9S3/c1-17(12,13)5(3(7)8)16(11)6(4(9)10)18(2,14)15/h(H2,1,12,13)(H2,2,14,15). The van der Waals surface area contributed by atoms with Crippen molar-refractivity contribution in [2.24, 2.45) is 10.3 Å². The average molecular weight is 328 g/mol. The maximum Gasteiger partial charge on any atom is 0.374 e. The van der Waals surface area contributed by atoms with Gasteiger partial charge in [-0.15, -0.1) is 0 Å². The van der Waals surface area contributed by atoms with Crippen molar-refractivity contribution in [1.29, 1.82) is 0 Å². The van der Waals surface area contributed by atoms with E-state index < -0.39 is 49.3 Å². The minimum absolute atomic E-state index is 1.35. The Morgan fingerprint density at radius 2 is 1.11 bits per heavy atom. The summed E-state index contributed by atoms with van der Waals surface area (Å²) >= 11 is -3.95. The molecule has 0 aromatic rings. The van der Waals surface area contributed by atoms with E-state index in [0.717, 1.165) is 0 Å². The minimum Gasteiger partial charge on any atom is -0.233 e. The van der Waals surface area contributed by atoms with Gasteiger partial charge in [-0.3, -0.25) is 0 Å². The summed E-state index contributed by atoms with van der Waals surface area (Å²) in [5.74, 6) is 0. The predicted octanol–water partition coefficient (Wildman–Crippen LogP) is -4.04. The van der Waals surface area contributed by atoms with Crippen LogP contribution in [0.4, 0.5) is 0 Å². The molecule has 0 amide bonds. The van der Waals surface area contributed by atoms with Gasteiger partial charge in [-0.05, 0) is 0 Å². The van der Waals surface area contributed by atoms with Gasteiger partial charge >= 0.3 is 31.6 Å². The molecule has 0 atom stereocenters. The van der Waals surface area contributed by atoms with Crippen LogP contribution in [0.2, 0.25) is 0 Å². The fraction of sp³-hybridized carbons (Fsp3) is 0. The number of nitrogens with two attached hydrogens (primary N) is 2. The molecule has 0 saturated carbocycles. The lowest BCUT2D eigenvalue weighted by atomic mass is 12.7. The lowest BCUT2D eigenvalue weighted by molar-refractivity contribution is -0.607. The maximum absolute atomic E-state index is 11.2. The topological polar surface area (TPSA) is 230 Å². The highest BCUT2D eigenvalue weighted by Gasteiger charge is 2.48. The van der Waals surface area contributed by atoms with Crippen LogP contribution in [0.5, 0.6) is 0 Å². The summed E-state index contributed by atoms with van der Waals surface area (Å²) in [7, 11) is -10.7. The first-order valence-electron chi connectivity index (χ1n) is 3.17. The van der Waals surface area contributed by atoms with E-state index in [2.05, 4.69) is 10.3 Å². The molecule has 18 heteroatoms. The third-order valence-electron chi connectivity index (χ3n) is 0.969. The lowest BCUT2D eigenvalue weighted by Gasteiger charge is -2.12.